The number of para-hydroxylation sites is 1. The number of aryl methyl sites for hydroxylation is 1. The maximum absolute atomic E-state index is 13.2. The van der Waals surface area contributed by atoms with Crippen LogP contribution in [0.5, 0.6) is 0 Å². The van der Waals surface area contributed by atoms with Crippen molar-refractivity contribution < 1.29 is 0 Å². The zero-order valence-corrected chi connectivity index (χ0v) is 21.7. The molecular formula is C24H26Cl2N4O2S2. The van der Waals surface area contributed by atoms with E-state index in [1.165, 1.54) is 4.57 Å². The van der Waals surface area contributed by atoms with Gasteiger partial charge >= 0.3 is 5.69 Å². The largest absolute Gasteiger partial charge is 0.331 e. The maximum Gasteiger partial charge on any atom is 0.331 e. The van der Waals surface area contributed by atoms with E-state index in [1.807, 2.05) is 48.5 Å². The van der Waals surface area contributed by atoms with Crippen molar-refractivity contribution in [2.75, 3.05) is 11.5 Å². The third kappa shape index (κ3) is 7.12. The first-order valence-electron chi connectivity index (χ1n) is 10.5. The van der Waals surface area contributed by atoms with Gasteiger partial charge in [-0.3, -0.25) is 23.9 Å². The predicted molar refractivity (Wildman–Crippen MR) is 146 cm³/mol. The standard InChI is InChI=1S/C24H24N4O2S2.2ClH/c29-23-21-5-1-2-6-22(21)27(15-3-17-31-19-7-11-25-12-8-19)24(30)28(23)16-4-18-32-20-9-13-26-14-10-20;;/h1-2,5-14H,3-4,15-18H2;2*1H. The topological polar surface area (TPSA) is 69.8 Å². The first kappa shape index (κ1) is 28.0. The molecule has 0 N–H and O–H groups in total. The van der Waals surface area contributed by atoms with Crippen molar-refractivity contribution in [3.63, 3.8) is 0 Å². The average Bonchev–Trinajstić information content (AvgIpc) is 2.84. The molecule has 0 bridgehead atoms. The minimum Gasteiger partial charge on any atom is -0.293 e. The van der Waals surface area contributed by atoms with E-state index in [4.69, 9.17) is 0 Å². The van der Waals surface area contributed by atoms with E-state index in [-0.39, 0.29) is 36.1 Å². The van der Waals surface area contributed by atoms with Crippen molar-refractivity contribution in [1.29, 1.82) is 0 Å². The number of benzene rings is 1. The first-order chi connectivity index (χ1) is 15.7. The number of aromatic nitrogens is 4. The molecule has 0 radical (unpaired) electrons. The highest BCUT2D eigenvalue weighted by atomic mass is 35.5. The van der Waals surface area contributed by atoms with Crippen LogP contribution in [0.25, 0.3) is 10.9 Å². The highest BCUT2D eigenvalue weighted by Crippen LogP contribution is 2.19. The van der Waals surface area contributed by atoms with Gasteiger partial charge in [0.25, 0.3) is 5.56 Å². The zero-order chi connectivity index (χ0) is 22.2. The third-order valence-electron chi connectivity index (χ3n) is 5.02. The summed E-state index contributed by atoms with van der Waals surface area (Å²) in [5.74, 6) is 1.71. The molecule has 0 atom stereocenters. The Labute approximate surface area is 219 Å². The second kappa shape index (κ2) is 14.2. The maximum atomic E-state index is 13.2. The van der Waals surface area contributed by atoms with Gasteiger partial charge in [-0.05, 0) is 60.7 Å². The number of nitrogens with zero attached hydrogens (tertiary/aromatic N) is 4. The molecule has 4 rings (SSSR count). The molecule has 180 valence electrons. The molecule has 34 heavy (non-hydrogen) atoms. The van der Waals surface area contributed by atoms with Gasteiger partial charge in [0.2, 0.25) is 0 Å². The summed E-state index contributed by atoms with van der Waals surface area (Å²) in [7, 11) is 0. The smallest absolute Gasteiger partial charge is 0.293 e. The van der Waals surface area contributed by atoms with Crippen LogP contribution >= 0.6 is 48.3 Å². The molecule has 0 saturated carbocycles. The first-order valence-corrected chi connectivity index (χ1v) is 12.5. The monoisotopic (exact) mass is 536 g/mol. The lowest BCUT2D eigenvalue weighted by Crippen LogP contribution is -2.40. The number of pyridine rings is 2. The molecule has 0 saturated heterocycles. The molecule has 0 aliphatic heterocycles. The van der Waals surface area contributed by atoms with Gasteiger partial charge in [0.1, 0.15) is 0 Å². The fourth-order valence-corrected chi connectivity index (χ4v) is 5.13. The van der Waals surface area contributed by atoms with E-state index in [2.05, 4.69) is 9.97 Å². The lowest BCUT2D eigenvalue weighted by Gasteiger charge is -2.14. The summed E-state index contributed by atoms with van der Waals surface area (Å²) in [5, 5.41) is 0.593. The number of fused-ring (bicyclic) bond motifs is 1. The van der Waals surface area contributed by atoms with Crippen LogP contribution in [0.4, 0.5) is 0 Å². The van der Waals surface area contributed by atoms with Crippen LogP contribution in [0.15, 0.2) is 92.7 Å². The summed E-state index contributed by atoms with van der Waals surface area (Å²) < 4.78 is 3.14. The molecule has 6 nitrogen and oxygen atoms in total. The molecule has 0 unspecified atom stereocenters. The van der Waals surface area contributed by atoms with Crippen molar-refractivity contribution in [2.45, 2.75) is 35.7 Å². The van der Waals surface area contributed by atoms with Gasteiger partial charge < -0.3 is 0 Å². The summed E-state index contributed by atoms with van der Waals surface area (Å²) in [6, 6.07) is 15.3. The Kier molecular flexibility index (Phi) is 11.7. The second-order valence-corrected chi connectivity index (χ2v) is 9.51. The van der Waals surface area contributed by atoms with Gasteiger partial charge in [-0.1, -0.05) is 12.1 Å². The van der Waals surface area contributed by atoms with Gasteiger partial charge in [-0.15, -0.1) is 48.3 Å². The summed E-state index contributed by atoms with van der Waals surface area (Å²) in [4.78, 5) is 36.6. The van der Waals surface area contributed by atoms with Gasteiger partial charge in [0, 0.05) is 47.7 Å². The predicted octanol–water partition coefficient (Wildman–Crippen LogP) is 5.16. The molecule has 3 heterocycles. The van der Waals surface area contributed by atoms with Gasteiger partial charge in [0.05, 0.1) is 10.9 Å². The highest BCUT2D eigenvalue weighted by Gasteiger charge is 2.12. The van der Waals surface area contributed by atoms with Crippen molar-refractivity contribution in [3.05, 3.63) is 94.2 Å². The van der Waals surface area contributed by atoms with Gasteiger partial charge in [-0.2, -0.15) is 0 Å². The Morgan fingerprint density at radius 2 is 1.18 bits per heavy atom. The fourth-order valence-electron chi connectivity index (χ4n) is 3.48. The van der Waals surface area contributed by atoms with E-state index in [1.54, 1.807) is 52.9 Å². The summed E-state index contributed by atoms with van der Waals surface area (Å²) in [6.07, 6.45) is 8.65. The van der Waals surface area contributed by atoms with Crippen LogP contribution in [0.1, 0.15) is 12.8 Å². The normalized spacial score (nSPS) is 10.5. The zero-order valence-electron chi connectivity index (χ0n) is 18.4. The molecule has 0 spiro atoms. The Balaban J connectivity index is 0.00000204. The van der Waals surface area contributed by atoms with E-state index in [9.17, 15) is 9.59 Å². The molecule has 0 aliphatic rings. The van der Waals surface area contributed by atoms with Crippen molar-refractivity contribution in [1.82, 2.24) is 19.1 Å². The van der Waals surface area contributed by atoms with E-state index in [0.29, 0.717) is 24.0 Å². The Morgan fingerprint density at radius 1 is 0.676 bits per heavy atom. The molecule has 10 heteroatoms. The van der Waals surface area contributed by atoms with Crippen LogP contribution in [0.2, 0.25) is 0 Å². The van der Waals surface area contributed by atoms with Crippen molar-refractivity contribution in [3.8, 4) is 0 Å². The summed E-state index contributed by atoms with van der Waals surface area (Å²) >= 11 is 3.44. The lowest BCUT2D eigenvalue weighted by molar-refractivity contribution is 0.561. The number of thioether (sulfide) groups is 2. The summed E-state index contributed by atoms with van der Waals surface area (Å²) in [5.41, 5.74) is 0.275. The van der Waals surface area contributed by atoms with Crippen molar-refractivity contribution in [2.24, 2.45) is 0 Å². The third-order valence-corrected chi connectivity index (χ3v) is 7.22. The molecule has 3 aromatic heterocycles. The number of hydrogen-bond acceptors (Lipinski definition) is 6. The van der Waals surface area contributed by atoms with E-state index in [0.717, 1.165) is 34.1 Å². The van der Waals surface area contributed by atoms with Gasteiger partial charge in [0.15, 0.2) is 0 Å². The number of hydrogen-bond donors (Lipinski definition) is 0. The lowest BCUT2D eigenvalue weighted by atomic mass is 10.2. The molecule has 1 aromatic carbocycles. The quantitative estimate of drug-likeness (QED) is 0.206. The van der Waals surface area contributed by atoms with Crippen LogP contribution < -0.4 is 11.2 Å². The number of rotatable bonds is 10. The second-order valence-electron chi connectivity index (χ2n) is 7.18. The number of halogens is 2. The van der Waals surface area contributed by atoms with E-state index < -0.39 is 0 Å². The Bertz CT molecular complexity index is 1290. The minimum atomic E-state index is -0.225. The fraction of sp³-hybridized carbons (Fsp3) is 0.250. The Hall–Kier alpha value is -2.26. The molecule has 0 fully saturated rings. The van der Waals surface area contributed by atoms with Crippen LogP contribution in [0, 0.1) is 0 Å². The van der Waals surface area contributed by atoms with E-state index >= 15 is 0 Å². The molecular weight excluding hydrogens is 511 g/mol. The summed E-state index contributed by atoms with van der Waals surface area (Å²) in [6.45, 7) is 0.982. The van der Waals surface area contributed by atoms with Gasteiger partial charge in [-0.25, -0.2) is 4.79 Å². The Morgan fingerprint density at radius 3 is 1.74 bits per heavy atom. The SMILES string of the molecule is Cl.Cl.O=c1c2ccccc2n(CCCSc2ccncc2)c(=O)n1CCCSc1ccncc1. The van der Waals surface area contributed by atoms with Crippen LogP contribution in [-0.2, 0) is 13.1 Å². The molecule has 0 aliphatic carbocycles. The minimum absolute atomic E-state index is 0. The molecule has 0 amide bonds. The van der Waals surface area contributed by atoms with Crippen LogP contribution in [-0.4, -0.2) is 30.6 Å². The average molecular weight is 538 g/mol. The van der Waals surface area contributed by atoms with Crippen LogP contribution in [0.3, 0.4) is 0 Å². The highest BCUT2D eigenvalue weighted by molar-refractivity contribution is 7.99. The van der Waals surface area contributed by atoms with Crippen molar-refractivity contribution >= 4 is 59.2 Å². The molecule has 4 aromatic rings.